The molecule has 6 nitrogen and oxygen atoms in total. The fourth-order valence-electron chi connectivity index (χ4n) is 3.80. The third kappa shape index (κ3) is 4.57. The lowest BCUT2D eigenvalue weighted by Crippen LogP contribution is -2.42. The fraction of sp³-hybridized carbons (Fsp3) is 0.391. The number of aromatic amines is 1. The zero-order chi connectivity index (χ0) is 21.1. The minimum Gasteiger partial charge on any atom is -0.467 e. The van der Waals surface area contributed by atoms with E-state index in [9.17, 15) is 4.79 Å². The Morgan fingerprint density at radius 2 is 2.17 bits per heavy atom. The van der Waals surface area contributed by atoms with Crippen LogP contribution < -0.4 is 10.9 Å². The van der Waals surface area contributed by atoms with Crippen LogP contribution in [0.2, 0.25) is 0 Å². The molecule has 1 aliphatic rings. The molecule has 1 atom stereocenters. The second-order valence-electron chi connectivity index (χ2n) is 7.85. The number of hydrogen-bond acceptors (Lipinski definition) is 4. The van der Waals surface area contributed by atoms with Crippen LogP contribution in [0.25, 0.3) is 10.9 Å². The van der Waals surface area contributed by atoms with Crippen LogP contribution in [0, 0.1) is 13.8 Å². The Labute approximate surface area is 181 Å². The monoisotopic (exact) mass is 425 g/mol. The lowest BCUT2D eigenvalue weighted by atomic mass is 10.0. The minimum atomic E-state index is -0.0948. The van der Waals surface area contributed by atoms with Gasteiger partial charge >= 0.3 is 0 Å². The van der Waals surface area contributed by atoms with E-state index in [-0.39, 0.29) is 11.7 Å². The van der Waals surface area contributed by atoms with Gasteiger partial charge in [-0.25, -0.2) is 0 Å². The Morgan fingerprint density at radius 1 is 1.30 bits per heavy atom. The van der Waals surface area contributed by atoms with Gasteiger partial charge in [-0.3, -0.25) is 4.79 Å². The molecule has 0 bridgehead atoms. The van der Waals surface area contributed by atoms with Crippen molar-refractivity contribution in [2.75, 3.05) is 13.2 Å². The summed E-state index contributed by atoms with van der Waals surface area (Å²) in [6.45, 7) is 6.41. The van der Waals surface area contributed by atoms with Gasteiger partial charge in [-0.2, -0.15) is 0 Å². The number of fused-ring (bicyclic) bond motifs is 1. The summed E-state index contributed by atoms with van der Waals surface area (Å²) in [5, 5.41) is 4.91. The molecule has 1 aromatic carbocycles. The Hall–Kier alpha value is -2.64. The minimum absolute atomic E-state index is 0.0948. The number of ether oxygens (including phenoxy) is 1. The molecular formula is C23H27N3O3S. The highest BCUT2D eigenvalue weighted by atomic mass is 32.1. The van der Waals surface area contributed by atoms with Gasteiger partial charge in [0.2, 0.25) is 0 Å². The number of pyridine rings is 1. The molecule has 0 amide bonds. The summed E-state index contributed by atoms with van der Waals surface area (Å²) in [4.78, 5) is 17.9. The quantitative estimate of drug-likeness (QED) is 0.586. The molecule has 7 heteroatoms. The van der Waals surface area contributed by atoms with E-state index in [0.29, 0.717) is 30.3 Å². The average Bonchev–Trinajstić information content (AvgIpc) is 3.44. The van der Waals surface area contributed by atoms with Gasteiger partial charge in [0, 0.05) is 18.7 Å². The van der Waals surface area contributed by atoms with Crippen LogP contribution in [0.5, 0.6) is 0 Å². The number of nitrogens with zero attached hydrogens (tertiary/aromatic N) is 1. The molecule has 158 valence electrons. The number of thiocarbonyl (C=S) groups is 1. The van der Waals surface area contributed by atoms with Gasteiger partial charge in [0.25, 0.3) is 5.56 Å². The molecule has 0 saturated carbocycles. The van der Waals surface area contributed by atoms with Gasteiger partial charge in [-0.05, 0) is 73.6 Å². The van der Waals surface area contributed by atoms with Crippen LogP contribution in [0.4, 0.5) is 0 Å². The van der Waals surface area contributed by atoms with Crippen molar-refractivity contribution in [3.8, 4) is 0 Å². The van der Waals surface area contributed by atoms with Crippen LogP contribution in [0.1, 0.15) is 35.3 Å². The molecule has 3 heterocycles. The van der Waals surface area contributed by atoms with E-state index in [4.69, 9.17) is 21.4 Å². The van der Waals surface area contributed by atoms with Crippen molar-refractivity contribution < 1.29 is 9.15 Å². The number of H-pyrrole nitrogens is 1. The van der Waals surface area contributed by atoms with E-state index < -0.39 is 0 Å². The van der Waals surface area contributed by atoms with Crippen LogP contribution in [-0.2, 0) is 17.8 Å². The number of rotatable bonds is 6. The Bertz CT molecular complexity index is 1090. The first-order valence-corrected chi connectivity index (χ1v) is 10.7. The Morgan fingerprint density at radius 3 is 2.90 bits per heavy atom. The summed E-state index contributed by atoms with van der Waals surface area (Å²) in [6.07, 6.45) is 3.95. The summed E-state index contributed by atoms with van der Waals surface area (Å²) >= 11 is 5.66. The van der Waals surface area contributed by atoms with Crippen molar-refractivity contribution in [1.29, 1.82) is 0 Å². The summed E-state index contributed by atoms with van der Waals surface area (Å²) in [7, 11) is 0. The largest absolute Gasteiger partial charge is 0.467 e. The van der Waals surface area contributed by atoms with Crippen LogP contribution in [0.3, 0.4) is 0 Å². The van der Waals surface area contributed by atoms with E-state index in [2.05, 4.69) is 16.4 Å². The predicted molar refractivity (Wildman–Crippen MR) is 122 cm³/mol. The number of benzene rings is 1. The molecule has 0 unspecified atom stereocenters. The van der Waals surface area contributed by atoms with E-state index in [1.165, 1.54) is 0 Å². The molecule has 0 radical (unpaired) electrons. The van der Waals surface area contributed by atoms with Crippen molar-refractivity contribution >= 4 is 28.2 Å². The molecule has 1 fully saturated rings. The highest BCUT2D eigenvalue weighted by Gasteiger charge is 2.19. The molecule has 1 saturated heterocycles. The van der Waals surface area contributed by atoms with E-state index in [0.717, 1.165) is 47.2 Å². The van der Waals surface area contributed by atoms with E-state index >= 15 is 0 Å². The first kappa shape index (κ1) is 20.6. The smallest absolute Gasteiger partial charge is 0.253 e. The number of nitrogens with one attached hydrogen (secondary N) is 2. The molecule has 3 aromatic rings. The second kappa shape index (κ2) is 9.02. The Kier molecular flexibility index (Phi) is 6.20. The lowest BCUT2D eigenvalue weighted by Gasteiger charge is -2.26. The summed E-state index contributed by atoms with van der Waals surface area (Å²) in [5.74, 6) is 0.792. The SMILES string of the molecule is Cc1ccc2cc(CN(Cc3ccco3)C(=S)NC[C@@H]3CCCO3)c(=O)[nH]c2c1C. The average molecular weight is 426 g/mol. The third-order valence-corrected chi connectivity index (χ3v) is 6.11. The lowest BCUT2D eigenvalue weighted by molar-refractivity contribution is 0.113. The number of furan rings is 1. The van der Waals surface area contributed by atoms with Crippen molar-refractivity contribution in [3.63, 3.8) is 0 Å². The molecular weight excluding hydrogens is 398 g/mol. The zero-order valence-corrected chi connectivity index (χ0v) is 18.2. The van der Waals surface area contributed by atoms with Crippen molar-refractivity contribution in [2.45, 2.75) is 45.9 Å². The second-order valence-corrected chi connectivity index (χ2v) is 8.24. The summed E-state index contributed by atoms with van der Waals surface area (Å²) < 4.78 is 11.2. The van der Waals surface area contributed by atoms with E-state index in [1.807, 2.05) is 43.0 Å². The third-order valence-electron chi connectivity index (χ3n) is 5.71. The molecule has 2 N–H and O–H groups in total. The number of aryl methyl sites for hydroxylation is 2. The van der Waals surface area contributed by atoms with Gasteiger partial charge in [-0.15, -0.1) is 0 Å². The molecule has 30 heavy (non-hydrogen) atoms. The first-order valence-electron chi connectivity index (χ1n) is 10.3. The summed E-state index contributed by atoms with van der Waals surface area (Å²) in [5.41, 5.74) is 3.71. The zero-order valence-electron chi connectivity index (χ0n) is 17.4. The fourth-order valence-corrected chi connectivity index (χ4v) is 4.01. The Balaban J connectivity index is 1.57. The molecule has 4 rings (SSSR count). The van der Waals surface area contributed by atoms with Gasteiger partial charge in [0.1, 0.15) is 5.76 Å². The standard InChI is InChI=1S/C23H27N3O3S/c1-15-7-8-17-11-18(22(27)25-21(17)16(15)2)13-26(14-20-6-4-10-29-20)23(30)24-12-19-5-3-9-28-19/h4,6-8,10-11,19H,3,5,9,12-14H2,1-2H3,(H,24,30)(H,25,27)/t19-/m0/s1. The van der Waals surface area contributed by atoms with Crippen molar-refractivity contribution in [3.05, 3.63) is 69.4 Å². The molecule has 0 aliphatic carbocycles. The molecule has 2 aromatic heterocycles. The first-order chi connectivity index (χ1) is 14.5. The van der Waals surface area contributed by atoms with Gasteiger partial charge < -0.3 is 24.4 Å². The normalized spacial score (nSPS) is 16.1. The van der Waals surface area contributed by atoms with Gasteiger partial charge in [-0.1, -0.05) is 12.1 Å². The maximum absolute atomic E-state index is 12.8. The van der Waals surface area contributed by atoms with Crippen LogP contribution in [0.15, 0.2) is 45.8 Å². The van der Waals surface area contributed by atoms with Crippen molar-refractivity contribution in [1.82, 2.24) is 15.2 Å². The summed E-state index contributed by atoms with van der Waals surface area (Å²) in [6, 6.07) is 9.84. The van der Waals surface area contributed by atoms with Crippen molar-refractivity contribution in [2.24, 2.45) is 0 Å². The maximum atomic E-state index is 12.8. The van der Waals surface area contributed by atoms with Gasteiger partial charge in [0.15, 0.2) is 5.11 Å². The van der Waals surface area contributed by atoms with Gasteiger partial charge in [0.05, 0.1) is 31.0 Å². The number of hydrogen-bond donors (Lipinski definition) is 2. The highest BCUT2D eigenvalue weighted by molar-refractivity contribution is 7.80. The molecule has 1 aliphatic heterocycles. The predicted octanol–water partition coefficient (Wildman–Crippen LogP) is 3.79. The van der Waals surface area contributed by atoms with E-state index in [1.54, 1.807) is 6.26 Å². The molecule has 0 spiro atoms. The van der Waals surface area contributed by atoms with Crippen LogP contribution >= 0.6 is 12.2 Å². The topological polar surface area (TPSA) is 70.5 Å². The van der Waals surface area contributed by atoms with Crippen LogP contribution in [-0.4, -0.2) is 34.3 Å². The number of aromatic nitrogens is 1. The maximum Gasteiger partial charge on any atom is 0.253 e. The highest BCUT2D eigenvalue weighted by Crippen LogP contribution is 2.20.